The average Bonchev–Trinajstić information content (AvgIpc) is 3.14. The van der Waals surface area contributed by atoms with Gasteiger partial charge in [-0.3, -0.25) is 0 Å². The second-order valence-corrected chi connectivity index (χ2v) is 8.34. The second kappa shape index (κ2) is 11.0. The summed E-state index contributed by atoms with van der Waals surface area (Å²) in [5.41, 5.74) is 0. The highest BCUT2D eigenvalue weighted by molar-refractivity contribution is 8.00. The summed E-state index contributed by atoms with van der Waals surface area (Å²) in [7, 11) is 0. The van der Waals surface area contributed by atoms with Crippen molar-refractivity contribution in [2.75, 3.05) is 5.75 Å². The molecule has 0 spiro atoms. The van der Waals surface area contributed by atoms with Gasteiger partial charge in [-0.1, -0.05) is 78.6 Å². The first-order valence-electron chi connectivity index (χ1n) is 9.43. The van der Waals surface area contributed by atoms with Crippen LogP contribution >= 0.6 is 11.8 Å². The number of rotatable bonds is 14. The van der Waals surface area contributed by atoms with E-state index in [-0.39, 0.29) is 0 Å². The summed E-state index contributed by atoms with van der Waals surface area (Å²) in [6.45, 7) is 6.96. The van der Waals surface area contributed by atoms with E-state index in [0.717, 1.165) is 10.7 Å². The van der Waals surface area contributed by atoms with E-state index in [1.807, 2.05) is 0 Å². The first-order valence-corrected chi connectivity index (χ1v) is 10.4. The van der Waals surface area contributed by atoms with Gasteiger partial charge in [0.1, 0.15) is 0 Å². The molecule has 0 aliphatic heterocycles. The van der Waals surface area contributed by atoms with Crippen LogP contribution in [0.1, 0.15) is 104 Å². The molecule has 0 radical (unpaired) electrons. The molecule has 0 aromatic heterocycles. The zero-order chi connectivity index (χ0) is 14.7. The maximum absolute atomic E-state index is 2.33. The normalized spacial score (nSPS) is 25.1. The fourth-order valence-electron chi connectivity index (χ4n) is 3.43. The maximum atomic E-state index is 2.33. The molecule has 0 saturated heterocycles. The lowest BCUT2D eigenvalue weighted by atomic mass is 10.0. The van der Waals surface area contributed by atoms with Crippen molar-refractivity contribution in [2.45, 2.75) is 109 Å². The van der Waals surface area contributed by atoms with Crippen LogP contribution < -0.4 is 0 Å². The second-order valence-electron chi connectivity index (χ2n) is 6.83. The standard InChI is InChI=1S/C19H38S/c1-4-7-9-10-11-12-14-18-17-19(18,20-16-6-3)15-13-8-5-2/h18H,4-17H2,1-3H3/t18-,19-/m1/s1. The summed E-state index contributed by atoms with van der Waals surface area (Å²) < 4.78 is 0.731. The van der Waals surface area contributed by atoms with Gasteiger partial charge in [0, 0.05) is 4.75 Å². The Balaban J connectivity index is 2.14. The third-order valence-corrected chi connectivity index (χ3v) is 6.77. The van der Waals surface area contributed by atoms with Crippen molar-refractivity contribution in [2.24, 2.45) is 5.92 Å². The Hall–Kier alpha value is 0.350. The zero-order valence-corrected chi connectivity index (χ0v) is 15.2. The molecular formula is C19H38S. The van der Waals surface area contributed by atoms with E-state index in [2.05, 4.69) is 32.5 Å². The molecule has 120 valence electrons. The fraction of sp³-hybridized carbons (Fsp3) is 1.00. The van der Waals surface area contributed by atoms with Crippen molar-refractivity contribution in [3.63, 3.8) is 0 Å². The summed E-state index contributed by atoms with van der Waals surface area (Å²) in [5, 5.41) is 0. The van der Waals surface area contributed by atoms with E-state index in [1.165, 1.54) is 89.2 Å². The maximum Gasteiger partial charge on any atom is 0.0191 e. The molecule has 0 N–H and O–H groups in total. The largest absolute Gasteiger partial charge is 0.155 e. The number of unbranched alkanes of at least 4 members (excludes halogenated alkanes) is 7. The lowest BCUT2D eigenvalue weighted by Gasteiger charge is -2.17. The van der Waals surface area contributed by atoms with Crippen LogP contribution in [0.15, 0.2) is 0 Å². The third kappa shape index (κ3) is 6.87. The van der Waals surface area contributed by atoms with Crippen LogP contribution in [-0.2, 0) is 0 Å². The first kappa shape index (κ1) is 18.4. The number of thioether (sulfide) groups is 1. The van der Waals surface area contributed by atoms with Gasteiger partial charge in [0.2, 0.25) is 0 Å². The Kier molecular flexibility index (Phi) is 10.1. The van der Waals surface area contributed by atoms with Crippen LogP contribution in [0.4, 0.5) is 0 Å². The van der Waals surface area contributed by atoms with E-state index in [1.54, 1.807) is 0 Å². The minimum absolute atomic E-state index is 0.731. The highest BCUT2D eigenvalue weighted by atomic mass is 32.2. The highest BCUT2D eigenvalue weighted by Gasteiger charge is 2.52. The molecule has 1 aliphatic rings. The van der Waals surface area contributed by atoms with Crippen LogP contribution in [0.2, 0.25) is 0 Å². The quantitative estimate of drug-likeness (QED) is 0.305. The smallest absolute Gasteiger partial charge is 0.0191 e. The van der Waals surface area contributed by atoms with E-state index in [9.17, 15) is 0 Å². The molecule has 1 aliphatic carbocycles. The van der Waals surface area contributed by atoms with Gasteiger partial charge in [-0.15, -0.1) is 0 Å². The topological polar surface area (TPSA) is 0 Å². The molecule has 0 unspecified atom stereocenters. The van der Waals surface area contributed by atoms with Crippen molar-refractivity contribution in [3.8, 4) is 0 Å². The molecular weight excluding hydrogens is 260 g/mol. The molecule has 0 nitrogen and oxygen atoms in total. The molecule has 1 saturated carbocycles. The van der Waals surface area contributed by atoms with Gasteiger partial charge in [-0.05, 0) is 37.4 Å². The molecule has 0 bridgehead atoms. The fourth-order valence-corrected chi connectivity index (χ4v) is 5.00. The van der Waals surface area contributed by atoms with Crippen LogP contribution in [0.3, 0.4) is 0 Å². The summed E-state index contributed by atoms with van der Waals surface area (Å²) in [6.07, 6.45) is 18.9. The van der Waals surface area contributed by atoms with Gasteiger partial charge in [0.15, 0.2) is 0 Å². The van der Waals surface area contributed by atoms with Gasteiger partial charge in [0.05, 0.1) is 0 Å². The Bertz CT molecular complexity index is 226. The minimum atomic E-state index is 0.731. The molecule has 0 amide bonds. The lowest BCUT2D eigenvalue weighted by molar-refractivity contribution is 0.539. The number of hydrogen-bond donors (Lipinski definition) is 0. The summed E-state index contributed by atoms with van der Waals surface area (Å²) in [5.74, 6) is 2.46. The van der Waals surface area contributed by atoms with E-state index in [4.69, 9.17) is 0 Å². The Morgan fingerprint density at radius 3 is 2.15 bits per heavy atom. The van der Waals surface area contributed by atoms with Gasteiger partial charge in [-0.25, -0.2) is 0 Å². The molecule has 1 heteroatoms. The Labute approximate surface area is 132 Å². The van der Waals surface area contributed by atoms with E-state index >= 15 is 0 Å². The van der Waals surface area contributed by atoms with Crippen LogP contribution in [0.25, 0.3) is 0 Å². The summed E-state index contributed by atoms with van der Waals surface area (Å²) >= 11 is 2.32. The van der Waals surface area contributed by atoms with Crippen LogP contribution in [0, 0.1) is 5.92 Å². The Morgan fingerprint density at radius 1 is 0.800 bits per heavy atom. The monoisotopic (exact) mass is 298 g/mol. The third-order valence-electron chi connectivity index (χ3n) is 4.88. The summed E-state index contributed by atoms with van der Waals surface area (Å²) in [4.78, 5) is 0. The summed E-state index contributed by atoms with van der Waals surface area (Å²) in [6, 6.07) is 0. The van der Waals surface area contributed by atoms with Gasteiger partial charge < -0.3 is 0 Å². The van der Waals surface area contributed by atoms with E-state index < -0.39 is 0 Å². The molecule has 0 heterocycles. The predicted octanol–water partition coefficient (Wildman–Crippen LogP) is 7.22. The first-order chi connectivity index (χ1) is 9.79. The van der Waals surface area contributed by atoms with Crippen molar-refractivity contribution >= 4 is 11.8 Å². The molecule has 0 aromatic carbocycles. The van der Waals surface area contributed by atoms with E-state index in [0.29, 0.717) is 0 Å². The molecule has 20 heavy (non-hydrogen) atoms. The Morgan fingerprint density at radius 2 is 1.45 bits per heavy atom. The molecule has 0 aromatic rings. The van der Waals surface area contributed by atoms with Crippen molar-refractivity contribution < 1.29 is 0 Å². The van der Waals surface area contributed by atoms with Gasteiger partial charge in [-0.2, -0.15) is 11.8 Å². The zero-order valence-electron chi connectivity index (χ0n) is 14.4. The van der Waals surface area contributed by atoms with Gasteiger partial charge in [0.25, 0.3) is 0 Å². The van der Waals surface area contributed by atoms with Crippen LogP contribution in [0.5, 0.6) is 0 Å². The average molecular weight is 299 g/mol. The predicted molar refractivity (Wildman–Crippen MR) is 95.7 cm³/mol. The van der Waals surface area contributed by atoms with Crippen LogP contribution in [-0.4, -0.2) is 10.5 Å². The molecule has 1 rings (SSSR count). The highest BCUT2D eigenvalue weighted by Crippen LogP contribution is 2.59. The van der Waals surface area contributed by atoms with Gasteiger partial charge >= 0.3 is 0 Å². The molecule has 1 fully saturated rings. The minimum Gasteiger partial charge on any atom is -0.155 e. The lowest BCUT2D eigenvalue weighted by Crippen LogP contribution is -2.08. The van der Waals surface area contributed by atoms with Crippen molar-refractivity contribution in [1.82, 2.24) is 0 Å². The molecule has 2 atom stereocenters. The SMILES string of the molecule is CCCCCCCC[C@@H]1C[C@@]1(CCCCC)SCCC. The number of hydrogen-bond acceptors (Lipinski definition) is 1. The van der Waals surface area contributed by atoms with Crippen molar-refractivity contribution in [3.05, 3.63) is 0 Å². The van der Waals surface area contributed by atoms with Crippen molar-refractivity contribution in [1.29, 1.82) is 0 Å².